The second-order valence-electron chi connectivity index (χ2n) is 8.53. The summed E-state index contributed by atoms with van der Waals surface area (Å²) >= 11 is 0. The maximum absolute atomic E-state index is 12.8. The lowest BCUT2D eigenvalue weighted by atomic mass is 9.94. The molecule has 30 heavy (non-hydrogen) atoms. The SMILES string of the molecule is CCC(C)=CC(C)CCC(CN(C)CC(F)(F)F)C(=N)Oc1ccc(C)c(C)c1C. The van der Waals surface area contributed by atoms with Gasteiger partial charge in [0.2, 0.25) is 0 Å². The van der Waals surface area contributed by atoms with Crippen LogP contribution in [0.5, 0.6) is 5.75 Å². The first-order chi connectivity index (χ1) is 13.8. The Labute approximate surface area is 179 Å². The molecule has 0 saturated heterocycles. The van der Waals surface area contributed by atoms with Crippen LogP contribution in [-0.2, 0) is 0 Å². The van der Waals surface area contributed by atoms with Gasteiger partial charge in [0, 0.05) is 12.5 Å². The molecule has 0 radical (unpaired) electrons. The Kier molecular flexibility index (Phi) is 10.1. The van der Waals surface area contributed by atoms with Crippen LogP contribution in [0.25, 0.3) is 0 Å². The molecule has 1 aromatic rings. The van der Waals surface area contributed by atoms with Gasteiger partial charge < -0.3 is 4.74 Å². The fourth-order valence-electron chi connectivity index (χ4n) is 3.45. The van der Waals surface area contributed by atoms with Crippen molar-refractivity contribution in [3.8, 4) is 5.75 Å². The molecule has 1 N–H and O–H groups in total. The second kappa shape index (κ2) is 11.5. The number of alkyl halides is 3. The molecule has 0 amide bonds. The third-order valence-corrected chi connectivity index (χ3v) is 5.68. The third-order valence-electron chi connectivity index (χ3n) is 5.68. The molecule has 0 aromatic heterocycles. The van der Waals surface area contributed by atoms with Gasteiger partial charge in [-0.3, -0.25) is 10.3 Å². The van der Waals surface area contributed by atoms with Crippen LogP contribution in [0.4, 0.5) is 13.2 Å². The summed E-state index contributed by atoms with van der Waals surface area (Å²) in [7, 11) is 1.44. The molecule has 0 aliphatic rings. The molecule has 2 unspecified atom stereocenters. The van der Waals surface area contributed by atoms with E-state index in [9.17, 15) is 13.2 Å². The van der Waals surface area contributed by atoms with Crippen LogP contribution in [0.2, 0.25) is 0 Å². The quantitative estimate of drug-likeness (QED) is 0.252. The van der Waals surface area contributed by atoms with E-state index < -0.39 is 18.6 Å². The molecule has 6 heteroatoms. The zero-order valence-corrected chi connectivity index (χ0v) is 19.4. The van der Waals surface area contributed by atoms with E-state index in [2.05, 4.69) is 26.8 Å². The fourth-order valence-corrected chi connectivity index (χ4v) is 3.45. The molecule has 0 bridgehead atoms. The number of hydrogen-bond acceptors (Lipinski definition) is 3. The first-order valence-corrected chi connectivity index (χ1v) is 10.6. The predicted octanol–water partition coefficient (Wildman–Crippen LogP) is 6.85. The Bertz CT molecular complexity index is 741. The van der Waals surface area contributed by atoms with Crippen molar-refractivity contribution >= 4 is 5.90 Å². The van der Waals surface area contributed by atoms with E-state index >= 15 is 0 Å². The van der Waals surface area contributed by atoms with Gasteiger partial charge in [-0.2, -0.15) is 13.2 Å². The van der Waals surface area contributed by atoms with Crippen molar-refractivity contribution in [3.63, 3.8) is 0 Å². The highest BCUT2D eigenvalue weighted by molar-refractivity contribution is 5.78. The molecule has 1 rings (SSSR count). The highest BCUT2D eigenvalue weighted by Crippen LogP contribution is 2.26. The molecule has 2 atom stereocenters. The summed E-state index contributed by atoms with van der Waals surface area (Å²) in [5.41, 5.74) is 4.49. The van der Waals surface area contributed by atoms with Gasteiger partial charge in [0.25, 0.3) is 0 Å². The summed E-state index contributed by atoms with van der Waals surface area (Å²) in [6.45, 7) is 11.4. The topological polar surface area (TPSA) is 36.3 Å². The molecule has 0 heterocycles. The van der Waals surface area contributed by atoms with Crippen LogP contribution in [0.3, 0.4) is 0 Å². The number of ether oxygens (including phenoxy) is 1. The normalized spacial score (nSPS) is 14.7. The molecule has 0 spiro atoms. The van der Waals surface area contributed by atoms with Crippen molar-refractivity contribution < 1.29 is 17.9 Å². The molecule has 0 saturated carbocycles. The first kappa shape index (κ1) is 26.2. The van der Waals surface area contributed by atoms with E-state index in [1.807, 2.05) is 32.9 Å². The molecular weight excluding hydrogens is 389 g/mol. The van der Waals surface area contributed by atoms with Crippen LogP contribution in [-0.4, -0.2) is 37.1 Å². The largest absolute Gasteiger partial charge is 0.443 e. The smallest absolute Gasteiger partial charge is 0.401 e. The number of hydrogen-bond donors (Lipinski definition) is 1. The van der Waals surface area contributed by atoms with E-state index in [1.54, 1.807) is 0 Å². The lowest BCUT2D eigenvalue weighted by Gasteiger charge is -2.26. The van der Waals surface area contributed by atoms with Crippen LogP contribution >= 0.6 is 0 Å². The Morgan fingerprint density at radius 2 is 1.80 bits per heavy atom. The standard InChI is InChI=1S/C24H37F3N2O/c1-8-16(2)13-17(3)9-11-21(14-29(7)15-24(25,26)27)23(28)30-22-12-10-18(4)19(5)20(22)6/h10,12-13,17,21,28H,8-9,11,14-15H2,1-7H3. The van der Waals surface area contributed by atoms with E-state index in [0.717, 1.165) is 29.5 Å². The number of rotatable bonds is 10. The van der Waals surface area contributed by atoms with Gasteiger partial charge in [-0.25, -0.2) is 0 Å². The van der Waals surface area contributed by atoms with E-state index in [0.29, 0.717) is 18.1 Å². The van der Waals surface area contributed by atoms with E-state index in [-0.39, 0.29) is 12.4 Å². The third kappa shape index (κ3) is 8.90. The van der Waals surface area contributed by atoms with Gasteiger partial charge in [0.15, 0.2) is 5.90 Å². The summed E-state index contributed by atoms with van der Waals surface area (Å²) in [4.78, 5) is 1.23. The average Bonchev–Trinajstić information content (AvgIpc) is 2.63. The van der Waals surface area contributed by atoms with Crippen LogP contribution in [0.15, 0.2) is 23.8 Å². The maximum atomic E-state index is 12.8. The summed E-state index contributed by atoms with van der Waals surface area (Å²) < 4.78 is 44.3. The van der Waals surface area contributed by atoms with Gasteiger partial charge in [0.1, 0.15) is 5.75 Å². The zero-order chi connectivity index (χ0) is 23.1. The van der Waals surface area contributed by atoms with Crippen molar-refractivity contribution in [1.82, 2.24) is 4.90 Å². The molecule has 0 aliphatic heterocycles. The monoisotopic (exact) mass is 426 g/mol. The van der Waals surface area contributed by atoms with Gasteiger partial charge in [0.05, 0.1) is 6.54 Å². The molecule has 3 nitrogen and oxygen atoms in total. The van der Waals surface area contributed by atoms with E-state index in [4.69, 9.17) is 10.1 Å². The fraction of sp³-hybridized carbons (Fsp3) is 0.625. The Balaban J connectivity index is 2.95. The van der Waals surface area contributed by atoms with Gasteiger partial charge >= 0.3 is 6.18 Å². The first-order valence-electron chi connectivity index (χ1n) is 10.6. The number of halogens is 3. The van der Waals surface area contributed by atoms with Gasteiger partial charge in [-0.05, 0) is 82.7 Å². The number of aryl methyl sites for hydroxylation is 1. The Hall–Kier alpha value is -1.82. The van der Waals surface area contributed by atoms with Gasteiger partial charge in [-0.1, -0.05) is 31.6 Å². The highest BCUT2D eigenvalue weighted by Gasteiger charge is 2.31. The lowest BCUT2D eigenvalue weighted by Crippen LogP contribution is -2.38. The molecular formula is C24H37F3N2O. The summed E-state index contributed by atoms with van der Waals surface area (Å²) in [6, 6.07) is 3.77. The maximum Gasteiger partial charge on any atom is 0.401 e. The minimum atomic E-state index is -4.26. The summed E-state index contributed by atoms with van der Waals surface area (Å²) in [5, 5.41) is 8.51. The van der Waals surface area contributed by atoms with Crippen molar-refractivity contribution in [1.29, 1.82) is 5.41 Å². The van der Waals surface area contributed by atoms with Crippen molar-refractivity contribution in [2.24, 2.45) is 11.8 Å². The predicted molar refractivity (Wildman–Crippen MR) is 118 cm³/mol. The molecule has 170 valence electrons. The van der Waals surface area contributed by atoms with Crippen molar-refractivity contribution in [2.45, 2.75) is 67.0 Å². The summed E-state index contributed by atoms with van der Waals surface area (Å²) in [5.74, 6) is 0.521. The Morgan fingerprint density at radius 3 is 2.37 bits per heavy atom. The number of benzene rings is 1. The molecule has 1 aromatic carbocycles. The van der Waals surface area contributed by atoms with Crippen molar-refractivity contribution in [3.05, 3.63) is 40.5 Å². The minimum Gasteiger partial charge on any atom is -0.443 e. The lowest BCUT2D eigenvalue weighted by molar-refractivity contribution is -0.143. The van der Waals surface area contributed by atoms with E-state index in [1.165, 1.54) is 17.5 Å². The summed E-state index contributed by atoms with van der Waals surface area (Å²) in [6.07, 6.45) is 0.307. The van der Waals surface area contributed by atoms with Crippen LogP contribution in [0, 0.1) is 38.0 Å². The zero-order valence-electron chi connectivity index (χ0n) is 19.4. The Morgan fingerprint density at radius 1 is 1.17 bits per heavy atom. The average molecular weight is 427 g/mol. The minimum absolute atomic E-state index is 0.0266. The second-order valence-corrected chi connectivity index (χ2v) is 8.53. The number of nitrogens with one attached hydrogen (secondary N) is 1. The van der Waals surface area contributed by atoms with Gasteiger partial charge in [-0.15, -0.1) is 0 Å². The van der Waals surface area contributed by atoms with Crippen LogP contribution < -0.4 is 4.74 Å². The highest BCUT2D eigenvalue weighted by atomic mass is 19.4. The molecule has 0 aliphatic carbocycles. The van der Waals surface area contributed by atoms with Crippen LogP contribution in [0.1, 0.15) is 56.7 Å². The number of nitrogens with zero attached hydrogens (tertiary/aromatic N) is 1. The van der Waals surface area contributed by atoms with Crippen molar-refractivity contribution in [2.75, 3.05) is 20.1 Å². The number of allylic oxidation sites excluding steroid dienone is 2. The molecule has 0 fully saturated rings.